The molecule has 0 bridgehead atoms. The topological polar surface area (TPSA) is 63.9 Å². The average molecular weight is 173 g/mol. The largest absolute Gasteiger partial charge is 0.393 e. The molecular weight excluding hydrogens is 158 g/mol. The molecular formula is C8H15NO3. The number of fused-ring (bicyclic) bond motifs is 1. The third kappa shape index (κ3) is 1.25. The molecule has 4 heteroatoms. The molecule has 2 aliphatic rings. The Bertz CT molecular complexity index is 176. The Hall–Kier alpha value is -0.160. The van der Waals surface area contributed by atoms with Crippen LogP contribution in [0.3, 0.4) is 0 Å². The highest BCUT2D eigenvalue weighted by atomic mass is 16.3. The fraction of sp³-hybridized carbons (Fsp3) is 1.00. The zero-order chi connectivity index (χ0) is 8.72. The van der Waals surface area contributed by atoms with Crippen molar-refractivity contribution in [3.63, 3.8) is 0 Å². The van der Waals surface area contributed by atoms with E-state index in [1.54, 1.807) is 0 Å². The van der Waals surface area contributed by atoms with E-state index in [-0.39, 0.29) is 12.1 Å². The molecule has 70 valence electrons. The Morgan fingerprint density at radius 2 is 1.92 bits per heavy atom. The van der Waals surface area contributed by atoms with Gasteiger partial charge >= 0.3 is 0 Å². The molecule has 2 fully saturated rings. The van der Waals surface area contributed by atoms with Crippen LogP contribution in [0.2, 0.25) is 0 Å². The normalized spacial score (nSPS) is 49.2. The van der Waals surface area contributed by atoms with Crippen LogP contribution in [-0.4, -0.2) is 57.7 Å². The number of piperidine rings is 1. The molecule has 4 nitrogen and oxygen atoms in total. The van der Waals surface area contributed by atoms with Crippen molar-refractivity contribution in [2.45, 2.75) is 37.2 Å². The maximum atomic E-state index is 9.51. The smallest absolute Gasteiger partial charge is 0.0967 e. The van der Waals surface area contributed by atoms with E-state index in [1.807, 2.05) is 0 Å². The Morgan fingerprint density at radius 3 is 2.67 bits per heavy atom. The first-order chi connectivity index (χ1) is 5.68. The summed E-state index contributed by atoms with van der Waals surface area (Å²) in [4.78, 5) is 2.06. The average Bonchev–Trinajstić information content (AvgIpc) is 2.31. The van der Waals surface area contributed by atoms with E-state index in [1.165, 1.54) is 0 Å². The van der Waals surface area contributed by atoms with Crippen molar-refractivity contribution >= 4 is 0 Å². The summed E-state index contributed by atoms with van der Waals surface area (Å²) in [6.07, 6.45) is -0.236. The zero-order valence-corrected chi connectivity index (χ0v) is 6.93. The van der Waals surface area contributed by atoms with Crippen molar-refractivity contribution < 1.29 is 15.3 Å². The first-order valence-corrected chi connectivity index (χ1v) is 4.46. The van der Waals surface area contributed by atoms with Gasteiger partial charge in [-0.15, -0.1) is 0 Å². The van der Waals surface area contributed by atoms with Crippen molar-refractivity contribution in [3.8, 4) is 0 Å². The Morgan fingerprint density at radius 1 is 1.17 bits per heavy atom. The number of hydrogen-bond donors (Lipinski definition) is 3. The van der Waals surface area contributed by atoms with E-state index in [9.17, 15) is 15.3 Å². The summed E-state index contributed by atoms with van der Waals surface area (Å²) in [5.74, 6) is 0. The Labute approximate surface area is 71.4 Å². The molecule has 0 saturated carbocycles. The van der Waals surface area contributed by atoms with Crippen LogP contribution in [0, 0.1) is 0 Å². The lowest BCUT2D eigenvalue weighted by atomic mass is 9.98. The monoisotopic (exact) mass is 173 g/mol. The molecule has 0 radical (unpaired) electrons. The molecule has 0 unspecified atom stereocenters. The first-order valence-electron chi connectivity index (χ1n) is 4.46. The number of nitrogens with zero attached hydrogens (tertiary/aromatic N) is 1. The standard InChI is InChI=1S/C8H15NO3/c10-5-1-2-9-4-7(11)8(12)6(9)3-5/h5-8,10-12H,1-4H2/t5-,6+,7-,8+/m0/s1. The minimum absolute atomic E-state index is 0.0243. The zero-order valence-electron chi connectivity index (χ0n) is 6.93. The molecule has 0 aromatic carbocycles. The van der Waals surface area contributed by atoms with Crippen LogP contribution >= 0.6 is 0 Å². The molecule has 0 aliphatic carbocycles. The van der Waals surface area contributed by atoms with Gasteiger partial charge in [-0.05, 0) is 12.8 Å². The van der Waals surface area contributed by atoms with E-state index in [2.05, 4.69) is 4.90 Å². The van der Waals surface area contributed by atoms with E-state index in [0.717, 1.165) is 13.0 Å². The van der Waals surface area contributed by atoms with Crippen molar-refractivity contribution in [1.82, 2.24) is 4.90 Å². The lowest BCUT2D eigenvalue weighted by Crippen LogP contribution is -2.44. The summed E-state index contributed by atoms with van der Waals surface area (Å²) in [5.41, 5.74) is 0. The van der Waals surface area contributed by atoms with Crippen molar-refractivity contribution in [1.29, 1.82) is 0 Å². The van der Waals surface area contributed by atoms with E-state index in [4.69, 9.17) is 0 Å². The van der Waals surface area contributed by atoms with E-state index < -0.39 is 12.2 Å². The van der Waals surface area contributed by atoms with Crippen molar-refractivity contribution in [2.24, 2.45) is 0 Å². The predicted molar refractivity (Wildman–Crippen MR) is 42.6 cm³/mol. The number of hydrogen-bond acceptors (Lipinski definition) is 4. The van der Waals surface area contributed by atoms with Crippen LogP contribution in [0.5, 0.6) is 0 Å². The van der Waals surface area contributed by atoms with Gasteiger partial charge in [0.05, 0.1) is 18.3 Å². The third-order valence-corrected chi connectivity index (χ3v) is 2.94. The van der Waals surface area contributed by atoms with Crippen molar-refractivity contribution in [2.75, 3.05) is 13.1 Å². The molecule has 0 aromatic rings. The maximum Gasteiger partial charge on any atom is 0.0967 e. The lowest BCUT2D eigenvalue weighted by Gasteiger charge is -2.33. The van der Waals surface area contributed by atoms with Crippen LogP contribution < -0.4 is 0 Å². The molecule has 4 atom stereocenters. The number of aliphatic hydroxyl groups excluding tert-OH is 3. The number of rotatable bonds is 0. The minimum Gasteiger partial charge on any atom is -0.393 e. The Kier molecular flexibility index (Phi) is 2.08. The van der Waals surface area contributed by atoms with Crippen LogP contribution in [0.25, 0.3) is 0 Å². The van der Waals surface area contributed by atoms with Crippen LogP contribution in [0.4, 0.5) is 0 Å². The summed E-state index contributed by atoms with van der Waals surface area (Å²) >= 11 is 0. The SMILES string of the molecule is O[C@H]1CCN2C[C@H](O)[C@H](O)[C@H]2C1. The molecule has 12 heavy (non-hydrogen) atoms. The predicted octanol–water partition coefficient (Wildman–Crippen LogP) is -1.45. The number of aliphatic hydroxyl groups is 3. The summed E-state index contributed by atoms with van der Waals surface area (Å²) in [6, 6.07) is -0.0243. The molecule has 0 amide bonds. The summed E-state index contributed by atoms with van der Waals surface area (Å²) in [5, 5.41) is 28.2. The van der Waals surface area contributed by atoms with Crippen LogP contribution in [0.1, 0.15) is 12.8 Å². The molecule has 0 spiro atoms. The molecule has 2 heterocycles. The van der Waals surface area contributed by atoms with Gasteiger partial charge in [-0.25, -0.2) is 0 Å². The highest BCUT2D eigenvalue weighted by Gasteiger charge is 2.42. The molecule has 2 aliphatic heterocycles. The van der Waals surface area contributed by atoms with Gasteiger partial charge in [0.25, 0.3) is 0 Å². The van der Waals surface area contributed by atoms with Gasteiger partial charge in [0.15, 0.2) is 0 Å². The second kappa shape index (κ2) is 2.96. The van der Waals surface area contributed by atoms with Gasteiger partial charge in [0.2, 0.25) is 0 Å². The highest BCUT2D eigenvalue weighted by molar-refractivity contribution is 4.97. The van der Waals surface area contributed by atoms with Gasteiger partial charge in [0, 0.05) is 19.1 Å². The first kappa shape index (κ1) is 8.44. The lowest BCUT2D eigenvalue weighted by molar-refractivity contribution is 0.00403. The van der Waals surface area contributed by atoms with E-state index in [0.29, 0.717) is 13.0 Å². The van der Waals surface area contributed by atoms with Gasteiger partial charge in [-0.2, -0.15) is 0 Å². The molecule has 2 saturated heterocycles. The van der Waals surface area contributed by atoms with E-state index >= 15 is 0 Å². The fourth-order valence-corrected chi connectivity index (χ4v) is 2.21. The van der Waals surface area contributed by atoms with Crippen LogP contribution in [-0.2, 0) is 0 Å². The second-order valence-electron chi connectivity index (χ2n) is 3.80. The van der Waals surface area contributed by atoms with Gasteiger partial charge in [-0.1, -0.05) is 0 Å². The van der Waals surface area contributed by atoms with Gasteiger partial charge in [0.1, 0.15) is 0 Å². The maximum absolute atomic E-state index is 9.51. The van der Waals surface area contributed by atoms with Gasteiger partial charge < -0.3 is 15.3 Å². The molecule has 2 rings (SSSR count). The Balaban J connectivity index is 2.05. The van der Waals surface area contributed by atoms with Gasteiger partial charge in [-0.3, -0.25) is 4.90 Å². The third-order valence-electron chi connectivity index (χ3n) is 2.94. The van der Waals surface area contributed by atoms with Crippen molar-refractivity contribution in [3.05, 3.63) is 0 Å². The second-order valence-corrected chi connectivity index (χ2v) is 3.80. The highest BCUT2D eigenvalue weighted by Crippen LogP contribution is 2.27. The molecule has 3 N–H and O–H groups in total. The summed E-state index contributed by atoms with van der Waals surface area (Å²) < 4.78 is 0. The minimum atomic E-state index is -0.667. The fourth-order valence-electron chi connectivity index (χ4n) is 2.21. The summed E-state index contributed by atoms with van der Waals surface area (Å²) in [7, 11) is 0. The summed E-state index contributed by atoms with van der Waals surface area (Å²) in [6.45, 7) is 1.35. The van der Waals surface area contributed by atoms with Crippen LogP contribution in [0.15, 0.2) is 0 Å². The quantitative estimate of drug-likeness (QED) is 0.419. The molecule has 0 aromatic heterocycles.